The lowest BCUT2D eigenvalue weighted by molar-refractivity contribution is 0.332. The second kappa shape index (κ2) is 26.2. The molecule has 120 heavy (non-hydrogen) atoms. The lowest BCUT2D eigenvalue weighted by Crippen LogP contribution is -2.61. The van der Waals surface area contributed by atoms with E-state index in [9.17, 15) is 0 Å². The Balaban J connectivity index is 0.895. The summed E-state index contributed by atoms with van der Waals surface area (Å²) in [4.78, 5) is 5.34. The second-order valence-electron chi connectivity index (χ2n) is 44.1. The third kappa shape index (κ3) is 12.3. The molecule has 0 spiro atoms. The SMILES string of the molecule is CC(C)(C)c1ccc2c(c1)c1ccccc1n2-c1cc2c3c(c1)N(c1ccc(-c4ccc5c(c4)C(C)(C)CCC5(C)C)cc1)c1cc(-n4c5ccc(C(C)(C)C)cc5c5cc(C(C)(C)C)ccc54)ccc1B3c1ccc(-n3c4ccc(C(C)(C)C)cc4c4cc(C(C)(C)C)ccc43)cc1N2c1ccc(-c2ccc3c(c2)C(C)(C)CCC3(C)C)cc1. The van der Waals surface area contributed by atoms with E-state index in [0.29, 0.717) is 0 Å². The molecule has 2 aliphatic heterocycles. The number of aromatic nitrogens is 3. The summed E-state index contributed by atoms with van der Waals surface area (Å²) in [7, 11) is 0. The molecule has 0 N–H and O–H groups in total. The predicted octanol–water partition coefficient (Wildman–Crippen LogP) is 29.6. The fraction of sp³-hybridized carbons (Fsp3) is 0.316. The minimum atomic E-state index is -0.217. The van der Waals surface area contributed by atoms with Gasteiger partial charge in [-0.05, 0) is 291 Å². The molecule has 0 atom stereocenters. The summed E-state index contributed by atoms with van der Waals surface area (Å²) in [6.07, 6.45) is 4.67. The number of rotatable bonds is 7. The molecule has 2 aliphatic carbocycles. The van der Waals surface area contributed by atoms with E-state index in [1.807, 2.05) is 0 Å². The van der Waals surface area contributed by atoms with Gasteiger partial charge in [-0.1, -0.05) is 281 Å². The maximum Gasteiger partial charge on any atom is 0.252 e. The Morgan fingerprint density at radius 2 is 0.508 bits per heavy atom. The molecule has 0 saturated carbocycles. The molecule has 5 nitrogen and oxygen atoms in total. The quantitative estimate of drug-likeness (QED) is 0.148. The molecule has 0 saturated heterocycles. The van der Waals surface area contributed by atoms with E-state index >= 15 is 0 Å². The van der Waals surface area contributed by atoms with Gasteiger partial charge in [-0.25, -0.2) is 0 Å². The monoisotopic (exact) mass is 1570 g/mol. The topological polar surface area (TPSA) is 21.3 Å². The first kappa shape index (κ1) is 77.5. The molecule has 20 rings (SSSR count). The third-order valence-electron chi connectivity index (χ3n) is 29.0. The van der Waals surface area contributed by atoms with Gasteiger partial charge in [0, 0.05) is 77.8 Å². The summed E-state index contributed by atoms with van der Waals surface area (Å²) in [5.41, 5.74) is 38.6. The molecule has 4 aliphatic rings. The Hall–Kier alpha value is -11.1. The predicted molar refractivity (Wildman–Crippen MR) is 518 cm³/mol. The van der Waals surface area contributed by atoms with Gasteiger partial charge in [0.05, 0.1) is 38.8 Å². The van der Waals surface area contributed by atoms with Crippen molar-refractivity contribution in [1.82, 2.24) is 13.7 Å². The molecule has 5 heterocycles. The molecule has 13 aromatic carbocycles. The van der Waals surface area contributed by atoms with Crippen LogP contribution in [0, 0.1) is 0 Å². The van der Waals surface area contributed by atoms with Gasteiger partial charge in [-0.3, -0.25) is 0 Å². The van der Waals surface area contributed by atoms with Crippen LogP contribution in [0.15, 0.2) is 249 Å². The summed E-state index contributed by atoms with van der Waals surface area (Å²) in [6, 6.07) is 99.8. The zero-order valence-electron chi connectivity index (χ0n) is 75.3. The van der Waals surface area contributed by atoms with Gasteiger partial charge >= 0.3 is 0 Å². The van der Waals surface area contributed by atoms with E-state index in [1.54, 1.807) is 0 Å². The summed E-state index contributed by atoms with van der Waals surface area (Å²) in [5.74, 6) is 0. The Kier molecular flexibility index (Phi) is 16.9. The van der Waals surface area contributed by atoms with Gasteiger partial charge in [-0.15, -0.1) is 0 Å². The van der Waals surface area contributed by atoms with Gasteiger partial charge in [0.25, 0.3) is 6.71 Å². The minimum absolute atomic E-state index is 0.0533. The first-order chi connectivity index (χ1) is 56.6. The molecule has 602 valence electrons. The highest BCUT2D eigenvalue weighted by Gasteiger charge is 2.46. The van der Waals surface area contributed by atoms with E-state index in [2.05, 4.69) is 431 Å². The maximum atomic E-state index is 2.67. The lowest BCUT2D eigenvalue weighted by atomic mass is 9.33. The number of anilines is 6. The minimum Gasteiger partial charge on any atom is -0.311 e. The van der Waals surface area contributed by atoms with Gasteiger partial charge in [0.1, 0.15) is 0 Å². The van der Waals surface area contributed by atoms with Gasteiger partial charge in [0.2, 0.25) is 0 Å². The number of nitrogens with zero attached hydrogens (tertiary/aromatic N) is 5. The summed E-state index contributed by atoms with van der Waals surface area (Å²) >= 11 is 0. The van der Waals surface area contributed by atoms with Crippen molar-refractivity contribution in [2.24, 2.45) is 0 Å². The van der Waals surface area contributed by atoms with Crippen LogP contribution in [0.1, 0.15) is 235 Å². The smallest absolute Gasteiger partial charge is 0.252 e. The van der Waals surface area contributed by atoms with Gasteiger partial charge in [0.15, 0.2) is 0 Å². The molecule has 16 aromatic rings. The number of fused-ring (bicyclic) bond motifs is 15. The van der Waals surface area contributed by atoms with E-state index in [1.165, 1.54) is 167 Å². The molecule has 0 fully saturated rings. The van der Waals surface area contributed by atoms with Crippen LogP contribution in [-0.2, 0) is 48.7 Å². The van der Waals surface area contributed by atoms with Gasteiger partial charge < -0.3 is 23.5 Å². The molecular weight excluding hydrogens is 1450 g/mol. The maximum absolute atomic E-state index is 2.67. The normalized spacial score (nSPS) is 16.2. The highest BCUT2D eigenvalue weighted by Crippen LogP contribution is 2.53. The average Bonchev–Trinajstić information content (AvgIpc) is 0.843. The third-order valence-corrected chi connectivity index (χ3v) is 29.0. The molecule has 0 radical (unpaired) electrons. The van der Waals surface area contributed by atoms with Crippen molar-refractivity contribution in [3.05, 3.63) is 299 Å². The van der Waals surface area contributed by atoms with Gasteiger partial charge in [-0.2, -0.15) is 0 Å². The van der Waals surface area contributed by atoms with Crippen LogP contribution >= 0.6 is 0 Å². The molecule has 0 unspecified atom stereocenters. The number of hydrogen-bond acceptors (Lipinski definition) is 2. The number of hydrogen-bond donors (Lipinski definition) is 0. The summed E-state index contributed by atoms with van der Waals surface area (Å²) in [6.45, 7) is 54.5. The van der Waals surface area contributed by atoms with Crippen LogP contribution in [0.5, 0.6) is 0 Å². The van der Waals surface area contributed by atoms with E-state index in [-0.39, 0.29) is 55.4 Å². The van der Waals surface area contributed by atoms with Crippen molar-refractivity contribution >= 4 is 123 Å². The Labute approximate surface area is 713 Å². The first-order valence-corrected chi connectivity index (χ1v) is 44.4. The fourth-order valence-electron chi connectivity index (χ4n) is 21.2. The van der Waals surface area contributed by atoms with E-state index in [0.717, 1.165) is 64.0 Å². The first-order valence-electron chi connectivity index (χ1n) is 44.4. The zero-order valence-corrected chi connectivity index (χ0v) is 75.3. The summed E-state index contributed by atoms with van der Waals surface area (Å²) in [5, 5.41) is 7.59. The average molecular weight is 1570 g/mol. The lowest BCUT2D eigenvalue weighted by Gasteiger charge is -2.44. The Morgan fingerprint density at radius 3 is 0.842 bits per heavy atom. The number of benzene rings is 13. The van der Waals surface area contributed by atoms with Crippen LogP contribution in [0.25, 0.3) is 105 Å². The van der Waals surface area contributed by atoms with Crippen LogP contribution < -0.4 is 26.2 Å². The van der Waals surface area contributed by atoms with Crippen molar-refractivity contribution in [1.29, 1.82) is 0 Å². The van der Waals surface area contributed by atoms with Crippen LogP contribution in [0.2, 0.25) is 0 Å². The Morgan fingerprint density at radius 1 is 0.233 bits per heavy atom. The van der Waals surface area contributed by atoms with Crippen LogP contribution in [-0.4, -0.2) is 20.4 Å². The van der Waals surface area contributed by atoms with Crippen molar-refractivity contribution in [3.8, 4) is 39.3 Å². The van der Waals surface area contributed by atoms with E-state index in [4.69, 9.17) is 0 Å². The largest absolute Gasteiger partial charge is 0.311 e. The van der Waals surface area contributed by atoms with Crippen LogP contribution in [0.4, 0.5) is 34.1 Å². The van der Waals surface area contributed by atoms with Crippen molar-refractivity contribution in [2.45, 2.75) is 234 Å². The molecule has 0 amide bonds. The highest BCUT2D eigenvalue weighted by molar-refractivity contribution is 7.00. The molecular formula is C114H118BN5. The molecule has 6 heteroatoms. The van der Waals surface area contributed by atoms with Crippen molar-refractivity contribution in [2.75, 3.05) is 9.80 Å². The number of para-hydroxylation sites is 1. The standard InChI is InChI=1S/C114H118BN5/c1-106(2,3)73-34-49-96-84(60-73)83-26-24-25-27-95(83)120(96)82-67-103-105-104(68-82)117(79-41-30-70(31-42-79)72-33-46-90-92(59-72)114(22,23)57-55-112(90,18)19)102-66-81(119-99-52-37-76(109(10,11)12)63-87(99)88-64-77(110(13,14)15)38-53-100(88)119)44-48-94(102)115(105)93-47-43-80(118-97-50-35-74(107(4,5)6)61-85(97)86-62-75(108(7,8)9)36-51-98(86)118)65-101(93)116(103)78-39-28-69(29-40-78)71-32-45-89-91(58-71)113(20,21)56-54-111(89,16)17/h24-53,58-68H,54-57H2,1-23H3. The van der Waals surface area contributed by atoms with Crippen molar-refractivity contribution < 1.29 is 0 Å². The Bertz CT molecular complexity index is 6490. The molecule has 0 bridgehead atoms. The van der Waals surface area contributed by atoms with Crippen LogP contribution in [0.3, 0.4) is 0 Å². The zero-order chi connectivity index (χ0) is 84.1. The highest BCUT2D eigenvalue weighted by atomic mass is 15.2. The van der Waals surface area contributed by atoms with Crippen molar-refractivity contribution in [3.63, 3.8) is 0 Å². The molecule has 3 aromatic heterocycles. The fourth-order valence-corrected chi connectivity index (χ4v) is 21.2. The second-order valence-corrected chi connectivity index (χ2v) is 44.1. The van der Waals surface area contributed by atoms with E-state index < -0.39 is 0 Å². The summed E-state index contributed by atoms with van der Waals surface area (Å²) < 4.78 is 7.74.